The minimum atomic E-state index is 0.441. The van der Waals surface area contributed by atoms with Crippen molar-refractivity contribution in [2.45, 2.75) is 33.2 Å². The van der Waals surface area contributed by atoms with Gasteiger partial charge in [-0.15, -0.1) is 0 Å². The van der Waals surface area contributed by atoms with E-state index >= 15 is 0 Å². The lowest BCUT2D eigenvalue weighted by atomic mass is 9.84. The van der Waals surface area contributed by atoms with Crippen molar-refractivity contribution in [3.8, 4) is 0 Å². The second kappa shape index (κ2) is 4.46. The van der Waals surface area contributed by atoms with Crippen LogP contribution in [0.1, 0.15) is 32.3 Å². The van der Waals surface area contributed by atoms with Crippen LogP contribution in [-0.4, -0.2) is 13.1 Å². The summed E-state index contributed by atoms with van der Waals surface area (Å²) in [5.74, 6) is 0. The molecule has 2 nitrogen and oxygen atoms in total. The van der Waals surface area contributed by atoms with Gasteiger partial charge in [-0.1, -0.05) is 26.0 Å². The molecule has 0 amide bonds. The lowest BCUT2D eigenvalue weighted by Gasteiger charge is -2.39. The van der Waals surface area contributed by atoms with E-state index in [0.717, 1.165) is 6.54 Å². The Morgan fingerprint density at radius 2 is 2.19 bits per heavy atom. The zero-order chi connectivity index (χ0) is 11.6. The van der Waals surface area contributed by atoms with Gasteiger partial charge in [0.05, 0.1) is 0 Å². The van der Waals surface area contributed by atoms with E-state index in [1.54, 1.807) is 0 Å². The molecule has 2 rings (SSSR count). The lowest BCUT2D eigenvalue weighted by molar-refractivity contribution is 0.293. The third kappa shape index (κ3) is 2.56. The maximum absolute atomic E-state index is 5.68. The standard InChI is InChI=1S/C14H22N2/c1-14(2)7-4-8-16(11-14)13-6-3-5-12(9-13)10-15/h3,5-6,9H,4,7-8,10-11,15H2,1-2H3. The van der Waals surface area contributed by atoms with Crippen LogP contribution in [0.5, 0.6) is 0 Å². The first-order valence-electron chi connectivity index (χ1n) is 6.15. The third-order valence-corrected chi connectivity index (χ3v) is 3.41. The second-order valence-electron chi connectivity index (χ2n) is 5.56. The van der Waals surface area contributed by atoms with Gasteiger partial charge in [-0.2, -0.15) is 0 Å². The third-order valence-electron chi connectivity index (χ3n) is 3.41. The molecule has 16 heavy (non-hydrogen) atoms. The Morgan fingerprint density at radius 3 is 2.88 bits per heavy atom. The topological polar surface area (TPSA) is 29.3 Å². The fourth-order valence-electron chi connectivity index (χ4n) is 2.52. The molecule has 0 bridgehead atoms. The highest BCUT2D eigenvalue weighted by Crippen LogP contribution is 2.31. The molecule has 1 fully saturated rings. The second-order valence-corrected chi connectivity index (χ2v) is 5.56. The molecule has 1 aliphatic heterocycles. The van der Waals surface area contributed by atoms with Crippen LogP contribution < -0.4 is 10.6 Å². The molecule has 0 radical (unpaired) electrons. The molecule has 0 aromatic heterocycles. The van der Waals surface area contributed by atoms with E-state index in [0.29, 0.717) is 12.0 Å². The van der Waals surface area contributed by atoms with Gasteiger partial charge < -0.3 is 10.6 Å². The van der Waals surface area contributed by atoms with Crippen molar-refractivity contribution in [1.29, 1.82) is 0 Å². The molecule has 1 saturated heterocycles. The Labute approximate surface area is 98.4 Å². The Bertz CT molecular complexity index is 358. The normalized spacial score (nSPS) is 19.8. The van der Waals surface area contributed by atoms with Crippen LogP contribution in [0.25, 0.3) is 0 Å². The van der Waals surface area contributed by atoms with E-state index in [1.807, 2.05) is 0 Å². The monoisotopic (exact) mass is 218 g/mol. The average molecular weight is 218 g/mol. The van der Waals surface area contributed by atoms with Crippen LogP contribution in [0.4, 0.5) is 5.69 Å². The zero-order valence-corrected chi connectivity index (χ0v) is 10.4. The van der Waals surface area contributed by atoms with Gasteiger partial charge in [0.25, 0.3) is 0 Å². The molecular formula is C14H22N2. The fraction of sp³-hybridized carbons (Fsp3) is 0.571. The molecule has 2 N–H and O–H groups in total. The predicted octanol–water partition coefficient (Wildman–Crippen LogP) is 2.77. The smallest absolute Gasteiger partial charge is 0.0369 e. The highest BCUT2D eigenvalue weighted by Gasteiger charge is 2.26. The summed E-state index contributed by atoms with van der Waals surface area (Å²) in [7, 11) is 0. The van der Waals surface area contributed by atoms with Crippen molar-refractivity contribution in [2.75, 3.05) is 18.0 Å². The van der Waals surface area contributed by atoms with E-state index < -0.39 is 0 Å². The van der Waals surface area contributed by atoms with Crippen LogP contribution in [-0.2, 0) is 6.54 Å². The largest absolute Gasteiger partial charge is 0.371 e. The summed E-state index contributed by atoms with van der Waals surface area (Å²) in [6, 6.07) is 8.62. The predicted molar refractivity (Wildman–Crippen MR) is 69.6 cm³/mol. The van der Waals surface area contributed by atoms with Gasteiger partial charge in [0.1, 0.15) is 0 Å². The molecule has 1 aromatic rings. The van der Waals surface area contributed by atoms with Crippen LogP contribution in [0, 0.1) is 5.41 Å². The average Bonchev–Trinajstić information content (AvgIpc) is 2.28. The summed E-state index contributed by atoms with van der Waals surface area (Å²) in [5, 5.41) is 0. The Kier molecular flexibility index (Phi) is 3.20. The number of hydrogen-bond donors (Lipinski definition) is 1. The molecule has 0 aliphatic carbocycles. The Hall–Kier alpha value is -1.02. The molecule has 88 valence electrons. The van der Waals surface area contributed by atoms with E-state index in [2.05, 4.69) is 43.0 Å². The highest BCUT2D eigenvalue weighted by atomic mass is 15.1. The summed E-state index contributed by atoms with van der Waals surface area (Å²) in [6.45, 7) is 7.67. The van der Waals surface area contributed by atoms with Crippen molar-refractivity contribution in [3.05, 3.63) is 29.8 Å². The molecule has 0 atom stereocenters. The van der Waals surface area contributed by atoms with Crippen LogP contribution in [0.15, 0.2) is 24.3 Å². The first-order valence-corrected chi connectivity index (χ1v) is 6.15. The van der Waals surface area contributed by atoms with Gasteiger partial charge in [0.2, 0.25) is 0 Å². The van der Waals surface area contributed by atoms with Gasteiger partial charge >= 0.3 is 0 Å². The number of benzene rings is 1. The Morgan fingerprint density at radius 1 is 1.38 bits per heavy atom. The van der Waals surface area contributed by atoms with E-state index in [9.17, 15) is 0 Å². The molecule has 1 aliphatic rings. The van der Waals surface area contributed by atoms with Gasteiger partial charge in [0.15, 0.2) is 0 Å². The molecular weight excluding hydrogens is 196 g/mol. The summed E-state index contributed by atoms with van der Waals surface area (Å²) in [4.78, 5) is 2.49. The minimum Gasteiger partial charge on any atom is -0.371 e. The Balaban J connectivity index is 2.16. The van der Waals surface area contributed by atoms with Crippen LogP contribution >= 0.6 is 0 Å². The lowest BCUT2D eigenvalue weighted by Crippen LogP contribution is -2.40. The van der Waals surface area contributed by atoms with Crippen LogP contribution in [0.2, 0.25) is 0 Å². The maximum atomic E-state index is 5.68. The highest BCUT2D eigenvalue weighted by molar-refractivity contribution is 5.49. The first kappa shape index (κ1) is 11.5. The van der Waals surface area contributed by atoms with Gasteiger partial charge in [-0.3, -0.25) is 0 Å². The van der Waals surface area contributed by atoms with Gasteiger partial charge in [-0.05, 0) is 36.0 Å². The summed E-state index contributed by atoms with van der Waals surface area (Å²) in [6.07, 6.45) is 2.62. The number of piperidine rings is 1. The summed E-state index contributed by atoms with van der Waals surface area (Å²) < 4.78 is 0. The summed E-state index contributed by atoms with van der Waals surface area (Å²) >= 11 is 0. The molecule has 1 heterocycles. The van der Waals surface area contributed by atoms with Gasteiger partial charge in [0, 0.05) is 25.3 Å². The number of hydrogen-bond acceptors (Lipinski definition) is 2. The van der Waals surface area contributed by atoms with E-state index in [-0.39, 0.29) is 0 Å². The molecule has 0 unspecified atom stereocenters. The maximum Gasteiger partial charge on any atom is 0.0369 e. The number of rotatable bonds is 2. The van der Waals surface area contributed by atoms with Gasteiger partial charge in [-0.25, -0.2) is 0 Å². The molecule has 1 aromatic carbocycles. The summed E-state index contributed by atoms with van der Waals surface area (Å²) in [5.41, 5.74) is 8.68. The molecule has 0 saturated carbocycles. The number of anilines is 1. The van der Waals surface area contributed by atoms with E-state index in [1.165, 1.54) is 30.6 Å². The fourth-order valence-corrected chi connectivity index (χ4v) is 2.52. The van der Waals surface area contributed by atoms with Crippen LogP contribution in [0.3, 0.4) is 0 Å². The SMILES string of the molecule is CC1(C)CCCN(c2cccc(CN)c2)C1. The molecule has 2 heteroatoms. The van der Waals surface area contributed by atoms with Crippen molar-refractivity contribution >= 4 is 5.69 Å². The quantitative estimate of drug-likeness (QED) is 0.827. The van der Waals surface area contributed by atoms with E-state index in [4.69, 9.17) is 5.73 Å². The van der Waals surface area contributed by atoms with Crippen molar-refractivity contribution in [1.82, 2.24) is 0 Å². The van der Waals surface area contributed by atoms with Crippen molar-refractivity contribution in [3.63, 3.8) is 0 Å². The zero-order valence-electron chi connectivity index (χ0n) is 10.4. The first-order chi connectivity index (χ1) is 7.61. The minimum absolute atomic E-state index is 0.441. The number of nitrogens with two attached hydrogens (primary N) is 1. The molecule has 0 spiro atoms. The van der Waals surface area contributed by atoms with Crippen molar-refractivity contribution < 1.29 is 0 Å². The van der Waals surface area contributed by atoms with Crippen molar-refractivity contribution in [2.24, 2.45) is 11.1 Å². The number of nitrogens with zero attached hydrogens (tertiary/aromatic N) is 1.